The Hall–Kier alpha value is -6.90. The van der Waals surface area contributed by atoms with Crippen molar-refractivity contribution in [2.24, 2.45) is 11.8 Å². The lowest BCUT2D eigenvalue weighted by molar-refractivity contribution is 0.617. The van der Waals surface area contributed by atoms with Gasteiger partial charge in [0.15, 0.2) is 0 Å². The molecule has 3 aliphatic rings. The number of hydrogen-bond donors (Lipinski definition) is 0. The van der Waals surface area contributed by atoms with Crippen molar-refractivity contribution in [3.05, 3.63) is 223 Å². The van der Waals surface area contributed by atoms with Gasteiger partial charge in [0.1, 0.15) is 0 Å². The largest absolute Gasteiger partial charge is 0.256 e. The van der Waals surface area contributed by atoms with Gasteiger partial charge in [-0.25, -0.2) is 4.98 Å². The van der Waals surface area contributed by atoms with Gasteiger partial charge < -0.3 is 0 Å². The Morgan fingerprint density at radius 2 is 1.20 bits per heavy atom. The van der Waals surface area contributed by atoms with Gasteiger partial charge in [-0.05, 0) is 104 Å². The molecule has 0 N–H and O–H groups in total. The molecule has 5 aromatic carbocycles. The van der Waals surface area contributed by atoms with Gasteiger partial charge in [0.05, 0.1) is 16.9 Å². The van der Waals surface area contributed by atoms with Crippen molar-refractivity contribution >= 4 is 38.0 Å². The van der Waals surface area contributed by atoms with E-state index >= 15 is 0 Å². The average molecular weight is 703 g/mol. The smallest absolute Gasteiger partial charge is 0.0745 e. The molecule has 2 unspecified atom stereocenters. The molecule has 55 heavy (non-hydrogen) atoms. The molecule has 0 bridgehead atoms. The number of benzene rings is 4. The third-order valence-electron chi connectivity index (χ3n) is 11.3. The molecule has 0 saturated carbocycles. The highest BCUT2D eigenvalue weighted by molar-refractivity contribution is 6.16. The van der Waals surface area contributed by atoms with Gasteiger partial charge in [-0.15, -0.1) is 0 Å². The third-order valence-corrected chi connectivity index (χ3v) is 11.3. The fourth-order valence-corrected chi connectivity index (χ4v) is 8.55. The van der Waals surface area contributed by atoms with Crippen molar-refractivity contribution in [2.75, 3.05) is 0 Å². The summed E-state index contributed by atoms with van der Waals surface area (Å²) in [7, 11) is 0. The highest BCUT2D eigenvalue weighted by Gasteiger charge is 2.31. The molecule has 0 saturated heterocycles. The van der Waals surface area contributed by atoms with Gasteiger partial charge in [-0.2, -0.15) is 0 Å². The molecule has 2 aromatic heterocycles. The molecule has 3 aliphatic carbocycles. The Morgan fingerprint density at radius 1 is 0.491 bits per heavy atom. The first-order valence-corrected chi connectivity index (χ1v) is 19.1. The molecule has 260 valence electrons. The second-order valence-corrected chi connectivity index (χ2v) is 14.5. The molecule has 7 aromatic rings. The topological polar surface area (TPSA) is 25.8 Å². The van der Waals surface area contributed by atoms with Gasteiger partial charge >= 0.3 is 0 Å². The minimum absolute atomic E-state index is 0.256. The number of aryl methyl sites for hydroxylation is 1. The van der Waals surface area contributed by atoms with Crippen LogP contribution in [-0.4, -0.2) is 9.97 Å². The van der Waals surface area contributed by atoms with Crippen molar-refractivity contribution in [3.63, 3.8) is 0 Å². The molecule has 2 nitrogen and oxygen atoms in total. The van der Waals surface area contributed by atoms with Gasteiger partial charge in [-0.3, -0.25) is 4.98 Å². The average Bonchev–Trinajstić information content (AvgIpc) is 3.25. The fraction of sp³-hybridized carbons (Fsp3) is 0.0566. The minimum Gasteiger partial charge on any atom is -0.256 e. The maximum Gasteiger partial charge on any atom is 0.0745 e. The van der Waals surface area contributed by atoms with Gasteiger partial charge in [0.2, 0.25) is 0 Å². The van der Waals surface area contributed by atoms with E-state index in [1.165, 1.54) is 43.8 Å². The number of hydrogen-bond acceptors (Lipinski definition) is 2. The predicted octanol–water partition coefficient (Wildman–Crippen LogP) is 13.5. The summed E-state index contributed by atoms with van der Waals surface area (Å²) in [5.74, 6) is 0.575. The number of rotatable bonds is 4. The van der Waals surface area contributed by atoms with E-state index < -0.39 is 0 Å². The van der Waals surface area contributed by atoms with Gasteiger partial charge in [-0.1, -0.05) is 158 Å². The van der Waals surface area contributed by atoms with Crippen LogP contribution in [0.15, 0.2) is 212 Å². The minimum atomic E-state index is 0.256. The molecule has 0 fully saturated rings. The molecule has 0 radical (unpaired) electrons. The summed E-state index contributed by atoms with van der Waals surface area (Å²) in [5.41, 5.74) is 13.5. The lowest BCUT2D eigenvalue weighted by Gasteiger charge is -2.33. The fourth-order valence-electron chi connectivity index (χ4n) is 8.55. The number of allylic oxidation sites excluding steroid dienone is 12. The zero-order valence-corrected chi connectivity index (χ0v) is 30.6. The highest BCUT2D eigenvalue weighted by atomic mass is 14.7. The van der Waals surface area contributed by atoms with Crippen molar-refractivity contribution < 1.29 is 0 Å². The van der Waals surface area contributed by atoms with E-state index in [0.29, 0.717) is 5.92 Å². The molecular weight excluding hydrogens is 665 g/mol. The summed E-state index contributed by atoms with van der Waals surface area (Å²) in [6.45, 7) is 2.19. The van der Waals surface area contributed by atoms with Crippen LogP contribution < -0.4 is 0 Å². The monoisotopic (exact) mass is 702 g/mol. The maximum absolute atomic E-state index is 5.65. The Labute approximate surface area is 321 Å². The lowest BCUT2D eigenvalue weighted by atomic mass is 9.71. The van der Waals surface area contributed by atoms with Crippen molar-refractivity contribution in [1.29, 1.82) is 0 Å². The molecular formula is C53H38N2. The first-order chi connectivity index (χ1) is 27.2. The Morgan fingerprint density at radius 3 is 2.05 bits per heavy atom. The van der Waals surface area contributed by atoms with Crippen LogP contribution in [0.5, 0.6) is 0 Å². The molecule has 0 spiro atoms. The summed E-state index contributed by atoms with van der Waals surface area (Å²) in [4.78, 5) is 10.2. The van der Waals surface area contributed by atoms with Crippen LogP contribution in [0.2, 0.25) is 0 Å². The van der Waals surface area contributed by atoms with E-state index in [0.717, 1.165) is 50.1 Å². The van der Waals surface area contributed by atoms with Crippen LogP contribution in [-0.2, 0) is 0 Å². The molecule has 2 heteroatoms. The van der Waals surface area contributed by atoms with E-state index in [2.05, 4.69) is 194 Å². The summed E-state index contributed by atoms with van der Waals surface area (Å²) in [5, 5.41) is 6.05. The molecule has 2 atom stereocenters. The van der Waals surface area contributed by atoms with Crippen molar-refractivity contribution in [3.8, 4) is 33.5 Å². The molecule has 10 rings (SSSR count). The standard InChI is InChI=1S/C53H38N2/c1-35-15-3-2-4-16-38(36-26-28-37(29-27-36)51-25-13-14-30-54-51)31-50-48(47-32-39-17-5-7-19-41(39)43-21-9-11-23-45(43)47)34-52(55-53(35)50)49-33-40-18-6-8-20-42(40)44-22-10-12-24-46(44)49/h2-34,42,44H,1H3. The maximum atomic E-state index is 5.65. The zero-order valence-electron chi connectivity index (χ0n) is 30.6. The van der Waals surface area contributed by atoms with Crippen molar-refractivity contribution in [1.82, 2.24) is 9.97 Å². The first-order valence-electron chi connectivity index (χ1n) is 19.1. The van der Waals surface area contributed by atoms with Gasteiger partial charge in [0.25, 0.3) is 0 Å². The van der Waals surface area contributed by atoms with E-state index in [-0.39, 0.29) is 5.92 Å². The van der Waals surface area contributed by atoms with Crippen LogP contribution in [0.25, 0.3) is 71.5 Å². The first kappa shape index (κ1) is 32.7. The SMILES string of the molecule is Cc1cccccc(-c2ccc(-c3ccccn3)cc2)cc2c(-c3cc4ccccc4c4ccccc34)cc(C3=C4C=CC=CC4C4C=CC=CC4=C3)nc12. The summed E-state index contributed by atoms with van der Waals surface area (Å²) in [6, 6.07) is 50.2. The van der Waals surface area contributed by atoms with Crippen LogP contribution >= 0.6 is 0 Å². The summed E-state index contributed by atoms with van der Waals surface area (Å²) >= 11 is 0. The molecule has 0 amide bonds. The second kappa shape index (κ2) is 13.8. The zero-order chi connectivity index (χ0) is 36.7. The quantitative estimate of drug-likeness (QED) is 0.171. The molecule has 2 heterocycles. The highest BCUT2D eigenvalue weighted by Crippen LogP contribution is 2.46. The normalized spacial score (nSPS) is 16.9. The molecule has 0 aliphatic heterocycles. The summed E-state index contributed by atoms with van der Waals surface area (Å²) in [6.07, 6.45) is 22.2. The van der Waals surface area contributed by atoms with E-state index in [1.807, 2.05) is 18.3 Å². The number of aromatic nitrogens is 2. The number of pyridine rings is 2. The van der Waals surface area contributed by atoms with Crippen LogP contribution in [0, 0.1) is 18.8 Å². The number of nitrogens with zero attached hydrogens (tertiary/aromatic N) is 2. The Bertz CT molecular complexity index is 2920. The predicted molar refractivity (Wildman–Crippen MR) is 232 cm³/mol. The third kappa shape index (κ3) is 5.93. The Kier molecular flexibility index (Phi) is 8.22. The van der Waals surface area contributed by atoms with E-state index in [9.17, 15) is 0 Å². The van der Waals surface area contributed by atoms with E-state index in [1.54, 1.807) is 0 Å². The lowest BCUT2D eigenvalue weighted by Crippen LogP contribution is -2.21. The van der Waals surface area contributed by atoms with E-state index in [4.69, 9.17) is 4.98 Å². The number of fused-ring (bicyclic) bond motifs is 7. The van der Waals surface area contributed by atoms with Crippen molar-refractivity contribution in [2.45, 2.75) is 6.92 Å². The van der Waals surface area contributed by atoms with Gasteiger partial charge in [0, 0.05) is 34.6 Å². The summed E-state index contributed by atoms with van der Waals surface area (Å²) < 4.78 is 0. The van der Waals surface area contributed by atoms with Crippen LogP contribution in [0.1, 0.15) is 11.3 Å². The van der Waals surface area contributed by atoms with Crippen LogP contribution in [0.3, 0.4) is 0 Å². The van der Waals surface area contributed by atoms with Crippen LogP contribution in [0.4, 0.5) is 0 Å². The Balaban J connectivity index is 1.30. The second-order valence-electron chi connectivity index (χ2n) is 14.5.